The Labute approximate surface area is 106 Å². The van der Waals surface area contributed by atoms with Crippen molar-refractivity contribution in [1.82, 2.24) is 20.2 Å². The number of hydrogen-bond acceptors (Lipinski definition) is 5. The highest BCUT2D eigenvalue weighted by Gasteiger charge is 2.22. The Morgan fingerprint density at radius 2 is 2.39 bits per heavy atom. The summed E-state index contributed by atoms with van der Waals surface area (Å²) in [5.41, 5.74) is 1.91. The van der Waals surface area contributed by atoms with E-state index in [1.807, 2.05) is 0 Å². The van der Waals surface area contributed by atoms with Crippen LogP contribution in [0.25, 0.3) is 0 Å². The van der Waals surface area contributed by atoms with Gasteiger partial charge < -0.3 is 20.5 Å². The lowest BCUT2D eigenvalue weighted by atomic mass is 10.1. The van der Waals surface area contributed by atoms with Gasteiger partial charge in [-0.15, -0.1) is 0 Å². The molecule has 0 bridgehead atoms. The van der Waals surface area contributed by atoms with Crippen LogP contribution in [0.3, 0.4) is 0 Å². The molecule has 3 heterocycles. The van der Waals surface area contributed by atoms with Crippen LogP contribution in [0.2, 0.25) is 0 Å². The average Bonchev–Trinajstić information content (AvgIpc) is 2.74. The molecule has 1 fully saturated rings. The molecule has 1 aromatic heterocycles. The SMILES string of the molecule is CN1CCC(Nc2nc(=O)[nH]c3c2CNCC3)C1. The molecule has 0 radical (unpaired) electrons. The monoisotopic (exact) mass is 249 g/mol. The largest absolute Gasteiger partial charge is 0.366 e. The molecule has 3 rings (SSSR count). The first-order valence-electron chi connectivity index (χ1n) is 6.50. The van der Waals surface area contributed by atoms with E-state index in [9.17, 15) is 4.79 Å². The number of aromatic nitrogens is 2. The zero-order valence-electron chi connectivity index (χ0n) is 10.6. The summed E-state index contributed by atoms with van der Waals surface area (Å²) in [7, 11) is 2.12. The maximum Gasteiger partial charge on any atom is 0.347 e. The molecular weight excluding hydrogens is 230 g/mol. The minimum Gasteiger partial charge on any atom is -0.366 e. The van der Waals surface area contributed by atoms with Crippen molar-refractivity contribution in [3.8, 4) is 0 Å². The molecule has 2 aliphatic rings. The van der Waals surface area contributed by atoms with Crippen LogP contribution in [0.1, 0.15) is 17.7 Å². The van der Waals surface area contributed by atoms with Crippen LogP contribution in [0, 0.1) is 0 Å². The molecule has 0 aromatic carbocycles. The molecule has 1 unspecified atom stereocenters. The van der Waals surface area contributed by atoms with E-state index in [0.29, 0.717) is 6.04 Å². The Morgan fingerprint density at radius 3 is 3.17 bits per heavy atom. The molecule has 0 amide bonds. The summed E-state index contributed by atoms with van der Waals surface area (Å²) in [4.78, 5) is 20.8. The molecule has 18 heavy (non-hydrogen) atoms. The predicted molar refractivity (Wildman–Crippen MR) is 69.8 cm³/mol. The van der Waals surface area contributed by atoms with Gasteiger partial charge in [0.15, 0.2) is 0 Å². The highest BCUT2D eigenvalue weighted by Crippen LogP contribution is 2.20. The summed E-state index contributed by atoms with van der Waals surface area (Å²) in [5, 5.41) is 6.75. The Hall–Kier alpha value is -1.40. The van der Waals surface area contributed by atoms with E-state index >= 15 is 0 Å². The van der Waals surface area contributed by atoms with Crippen LogP contribution in [0.5, 0.6) is 0 Å². The second kappa shape index (κ2) is 4.70. The summed E-state index contributed by atoms with van der Waals surface area (Å²) in [5.74, 6) is 0.765. The zero-order valence-corrected chi connectivity index (χ0v) is 10.6. The Bertz CT molecular complexity index is 498. The predicted octanol–water partition coefficient (Wildman–Crippen LogP) is -0.468. The summed E-state index contributed by atoms with van der Waals surface area (Å²) in [6.45, 7) is 3.81. The van der Waals surface area contributed by atoms with Crippen LogP contribution in [0.15, 0.2) is 4.79 Å². The molecule has 0 spiro atoms. The smallest absolute Gasteiger partial charge is 0.347 e. The van der Waals surface area contributed by atoms with Crippen molar-refractivity contribution in [3.05, 3.63) is 21.7 Å². The normalized spacial score (nSPS) is 23.9. The van der Waals surface area contributed by atoms with Gasteiger partial charge in [-0.3, -0.25) is 0 Å². The fourth-order valence-corrected chi connectivity index (χ4v) is 2.74. The van der Waals surface area contributed by atoms with Gasteiger partial charge in [0.1, 0.15) is 5.82 Å². The standard InChI is InChI=1S/C12H19N5O/c1-17-5-3-8(7-17)14-11-9-6-13-4-2-10(9)15-12(18)16-11/h8,13H,2-7H2,1H3,(H2,14,15,16,18). The number of anilines is 1. The molecule has 2 aliphatic heterocycles. The third kappa shape index (κ3) is 2.26. The van der Waals surface area contributed by atoms with Crippen LogP contribution < -0.4 is 16.3 Å². The van der Waals surface area contributed by atoms with E-state index in [1.54, 1.807) is 0 Å². The van der Waals surface area contributed by atoms with Crippen molar-refractivity contribution in [2.45, 2.75) is 25.4 Å². The zero-order chi connectivity index (χ0) is 12.5. The van der Waals surface area contributed by atoms with Crippen LogP contribution >= 0.6 is 0 Å². The van der Waals surface area contributed by atoms with Gasteiger partial charge in [0.25, 0.3) is 0 Å². The topological polar surface area (TPSA) is 73.0 Å². The van der Waals surface area contributed by atoms with Crippen molar-refractivity contribution in [3.63, 3.8) is 0 Å². The second-order valence-corrected chi connectivity index (χ2v) is 5.17. The van der Waals surface area contributed by atoms with Gasteiger partial charge in [-0.1, -0.05) is 0 Å². The highest BCUT2D eigenvalue weighted by atomic mass is 16.1. The van der Waals surface area contributed by atoms with E-state index in [0.717, 1.165) is 56.1 Å². The lowest BCUT2D eigenvalue weighted by Crippen LogP contribution is -2.32. The van der Waals surface area contributed by atoms with Crippen LogP contribution in [0.4, 0.5) is 5.82 Å². The summed E-state index contributed by atoms with van der Waals surface area (Å²) < 4.78 is 0. The molecule has 0 aliphatic carbocycles. The quantitative estimate of drug-likeness (QED) is 0.661. The lowest BCUT2D eigenvalue weighted by molar-refractivity contribution is 0.414. The number of rotatable bonds is 2. The minimum absolute atomic E-state index is 0.246. The fraction of sp³-hybridized carbons (Fsp3) is 0.667. The van der Waals surface area contributed by atoms with Crippen molar-refractivity contribution in [1.29, 1.82) is 0 Å². The van der Waals surface area contributed by atoms with E-state index < -0.39 is 0 Å². The molecule has 1 aromatic rings. The number of nitrogens with zero attached hydrogens (tertiary/aromatic N) is 2. The molecule has 1 atom stereocenters. The molecule has 98 valence electrons. The van der Waals surface area contributed by atoms with Gasteiger partial charge in [0.05, 0.1) is 0 Å². The first-order valence-corrected chi connectivity index (χ1v) is 6.50. The van der Waals surface area contributed by atoms with Crippen molar-refractivity contribution in [2.24, 2.45) is 0 Å². The number of H-pyrrole nitrogens is 1. The number of likely N-dealkylation sites (N-methyl/N-ethyl adjacent to an activating group) is 1. The number of hydrogen-bond donors (Lipinski definition) is 3. The lowest BCUT2D eigenvalue weighted by Gasteiger charge is -2.21. The van der Waals surface area contributed by atoms with E-state index in [2.05, 4.69) is 32.5 Å². The van der Waals surface area contributed by atoms with Crippen molar-refractivity contribution in [2.75, 3.05) is 32.0 Å². The summed E-state index contributed by atoms with van der Waals surface area (Å²) in [6.07, 6.45) is 1.97. The van der Waals surface area contributed by atoms with Gasteiger partial charge >= 0.3 is 5.69 Å². The van der Waals surface area contributed by atoms with E-state index in [-0.39, 0.29) is 5.69 Å². The molecular formula is C12H19N5O. The average molecular weight is 249 g/mol. The summed E-state index contributed by atoms with van der Waals surface area (Å²) in [6, 6.07) is 0.398. The molecule has 6 nitrogen and oxygen atoms in total. The Kier molecular flexibility index (Phi) is 3.05. The minimum atomic E-state index is -0.246. The number of aromatic amines is 1. The van der Waals surface area contributed by atoms with Crippen LogP contribution in [-0.2, 0) is 13.0 Å². The van der Waals surface area contributed by atoms with Crippen LogP contribution in [-0.4, -0.2) is 47.6 Å². The first kappa shape index (κ1) is 11.7. The maximum atomic E-state index is 11.6. The van der Waals surface area contributed by atoms with E-state index in [4.69, 9.17) is 0 Å². The number of fused-ring (bicyclic) bond motifs is 1. The molecule has 0 saturated carbocycles. The third-order valence-electron chi connectivity index (χ3n) is 3.71. The van der Waals surface area contributed by atoms with Gasteiger partial charge in [-0.2, -0.15) is 4.98 Å². The maximum absolute atomic E-state index is 11.6. The van der Waals surface area contributed by atoms with Gasteiger partial charge in [-0.25, -0.2) is 4.79 Å². The summed E-state index contributed by atoms with van der Waals surface area (Å²) >= 11 is 0. The first-order chi connectivity index (χ1) is 8.72. The molecule has 1 saturated heterocycles. The number of nitrogens with one attached hydrogen (secondary N) is 3. The molecule has 3 N–H and O–H groups in total. The fourth-order valence-electron chi connectivity index (χ4n) is 2.74. The van der Waals surface area contributed by atoms with Gasteiger partial charge in [-0.05, 0) is 20.0 Å². The van der Waals surface area contributed by atoms with Crippen molar-refractivity contribution >= 4 is 5.82 Å². The second-order valence-electron chi connectivity index (χ2n) is 5.17. The van der Waals surface area contributed by atoms with Gasteiger partial charge in [0, 0.05) is 43.4 Å². The number of likely N-dealkylation sites (tertiary alicyclic amines) is 1. The third-order valence-corrected chi connectivity index (χ3v) is 3.71. The van der Waals surface area contributed by atoms with Crippen molar-refractivity contribution < 1.29 is 0 Å². The Morgan fingerprint density at radius 1 is 1.50 bits per heavy atom. The van der Waals surface area contributed by atoms with E-state index in [1.165, 1.54) is 0 Å². The highest BCUT2D eigenvalue weighted by molar-refractivity contribution is 5.47. The molecule has 6 heteroatoms. The van der Waals surface area contributed by atoms with Gasteiger partial charge in [0.2, 0.25) is 0 Å². The Balaban J connectivity index is 1.86.